The minimum absolute atomic E-state index is 0.889. The van der Waals surface area contributed by atoms with Crippen molar-refractivity contribution in [3.8, 4) is 77.9 Å². The summed E-state index contributed by atoms with van der Waals surface area (Å²) in [6.07, 6.45) is 0. The van der Waals surface area contributed by atoms with E-state index in [4.69, 9.17) is 8.83 Å². The fraction of sp³-hybridized carbons (Fsp3) is 0. The first kappa shape index (κ1) is 64.3. The molecule has 112 heavy (non-hydrogen) atoms. The van der Waals surface area contributed by atoms with Crippen molar-refractivity contribution >= 4 is 143 Å². The van der Waals surface area contributed by atoms with Gasteiger partial charge in [-0.3, -0.25) is 0 Å². The zero-order valence-electron chi connectivity index (χ0n) is 61.0. The van der Waals surface area contributed by atoms with E-state index in [9.17, 15) is 0 Å². The zero-order chi connectivity index (χ0) is 73.7. The third-order valence-electron chi connectivity index (χ3n) is 23.1. The van der Waals surface area contributed by atoms with Crippen molar-refractivity contribution in [2.45, 2.75) is 0 Å². The monoisotopic (exact) mass is 1420 g/mol. The lowest BCUT2D eigenvalue weighted by molar-refractivity contribution is 0.669. The highest BCUT2D eigenvalue weighted by atomic mass is 16.3. The Morgan fingerprint density at radius 2 is 0.491 bits per heavy atom. The zero-order valence-corrected chi connectivity index (χ0v) is 61.0. The summed E-state index contributed by atoms with van der Waals surface area (Å²) >= 11 is 0. The molecule has 2 aromatic heterocycles. The van der Waals surface area contributed by atoms with Gasteiger partial charge in [-0.2, -0.15) is 0 Å². The summed E-state index contributed by atoms with van der Waals surface area (Å²) in [5.41, 5.74) is 26.0. The lowest BCUT2D eigenvalue weighted by Gasteiger charge is -2.28. The van der Waals surface area contributed by atoms with Gasteiger partial charge < -0.3 is 18.6 Å². The summed E-state index contributed by atoms with van der Waals surface area (Å²) in [7, 11) is 0. The second-order valence-electron chi connectivity index (χ2n) is 29.3. The molecule has 0 unspecified atom stereocenters. The highest BCUT2D eigenvalue weighted by Crippen LogP contribution is 2.49. The Labute approximate surface area is 647 Å². The molecular weight excluding hydrogens is 1360 g/mol. The number of para-hydroxylation sites is 4. The number of hydrogen-bond acceptors (Lipinski definition) is 4. The van der Waals surface area contributed by atoms with E-state index < -0.39 is 0 Å². The molecule has 0 saturated heterocycles. The van der Waals surface area contributed by atoms with Crippen molar-refractivity contribution in [2.24, 2.45) is 0 Å². The summed E-state index contributed by atoms with van der Waals surface area (Å²) in [5, 5.41) is 18.9. The van der Waals surface area contributed by atoms with Crippen LogP contribution in [0.4, 0.5) is 34.1 Å². The largest absolute Gasteiger partial charge is 0.455 e. The van der Waals surface area contributed by atoms with Crippen LogP contribution >= 0.6 is 0 Å². The van der Waals surface area contributed by atoms with Gasteiger partial charge in [0.15, 0.2) is 0 Å². The van der Waals surface area contributed by atoms with E-state index in [1.165, 1.54) is 76.1 Å². The lowest BCUT2D eigenvalue weighted by Crippen LogP contribution is -2.10. The van der Waals surface area contributed by atoms with Crippen molar-refractivity contribution in [1.29, 1.82) is 0 Å². The van der Waals surface area contributed by atoms with Crippen molar-refractivity contribution in [2.75, 3.05) is 9.80 Å². The van der Waals surface area contributed by atoms with Gasteiger partial charge in [0.25, 0.3) is 0 Å². The average Bonchev–Trinajstić information content (AvgIpc) is 0.806. The van der Waals surface area contributed by atoms with Crippen LogP contribution in [0.15, 0.2) is 421 Å². The molecule has 0 saturated carbocycles. The first-order valence-corrected chi connectivity index (χ1v) is 38.4. The Hall–Kier alpha value is -14.8. The van der Waals surface area contributed by atoms with Gasteiger partial charge in [-0.15, -0.1) is 0 Å². The number of rotatable bonds is 13. The molecule has 22 rings (SSSR count). The topological polar surface area (TPSA) is 32.8 Å². The summed E-state index contributed by atoms with van der Waals surface area (Å²) in [6.45, 7) is 0. The van der Waals surface area contributed by atoms with Crippen molar-refractivity contribution < 1.29 is 8.83 Å². The SMILES string of the molecule is c1ccc2c(-c3ccc(-c4ccc(N(c5ccc(-c6cccc7c6oc6ccccc67)cc5)c5cc6ccccc6c6cc(-c7cccc8c(-c9ccc(-c%10ccc(N(c%11ccc(-c%12cccc%13c%12oc%12ccccc%12%13)cc%11)c%11cccc%12ccc%13ccccc%13c%11%12)cc%10)cc9)cccc78)ccc56)cc4)cc3)cccc2c1. The molecule has 522 valence electrons. The Kier molecular flexibility index (Phi) is 15.2. The van der Waals surface area contributed by atoms with Crippen LogP contribution in [0.1, 0.15) is 0 Å². The van der Waals surface area contributed by atoms with Crippen LogP contribution in [0.25, 0.3) is 186 Å². The molecule has 4 heteroatoms. The molecular formula is C108H68N2O2. The predicted molar refractivity (Wildman–Crippen MR) is 473 cm³/mol. The molecule has 22 aromatic rings. The summed E-state index contributed by atoms with van der Waals surface area (Å²) in [6, 6.07) is 151. The third kappa shape index (κ3) is 10.9. The van der Waals surface area contributed by atoms with Gasteiger partial charge in [0.05, 0.1) is 11.4 Å². The van der Waals surface area contributed by atoms with Crippen LogP contribution in [0.5, 0.6) is 0 Å². The number of hydrogen-bond donors (Lipinski definition) is 0. The molecule has 0 N–H and O–H groups in total. The van der Waals surface area contributed by atoms with Crippen LogP contribution < -0.4 is 9.80 Å². The summed E-state index contributed by atoms with van der Waals surface area (Å²) in [5.74, 6) is 0. The number of furan rings is 2. The average molecular weight is 1430 g/mol. The highest BCUT2D eigenvalue weighted by Gasteiger charge is 2.24. The Morgan fingerprint density at radius 1 is 0.161 bits per heavy atom. The molecule has 0 atom stereocenters. The van der Waals surface area contributed by atoms with Crippen LogP contribution in [0.3, 0.4) is 0 Å². The molecule has 0 amide bonds. The minimum Gasteiger partial charge on any atom is -0.455 e. The molecule has 0 radical (unpaired) electrons. The second-order valence-corrected chi connectivity index (χ2v) is 29.3. The number of benzene rings is 20. The van der Waals surface area contributed by atoms with Crippen LogP contribution in [0, 0.1) is 0 Å². The van der Waals surface area contributed by atoms with E-state index in [2.05, 4.69) is 404 Å². The highest BCUT2D eigenvalue weighted by molar-refractivity contribution is 6.19. The normalized spacial score (nSPS) is 11.8. The molecule has 20 aromatic carbocycles. The Morgan fingerprint density at radius 3 is 1.03 bits per heavy atom. The molecule has 2 heterocycles. The van der Waals surface area contributed by atoms with Gasteiger partial charge in [-0.25, -0.2) is 0 Å². The van der Waals surface area contributed by atoms with Crippen LogP contribution in [-0.4, -0.2) is 0 Å². The fourth-order valence-electron chi connectivity index (χ4n) is 17.6. The first-order valence-electron chi connectivity index (χ1n) is 38.4. The maximum atomic E-state index is 6.59. The van der Waals surface area contributed by atoms with E-state index in [0.29, 0.717) is 0 Å². The third-order valence-corrected chi connectivity index (χ3v) is 23.1. The second kappa shape index (κ2) is 26.5. The van der Waals surface area contributed by atoms with Crippen molar-refractivity contribution in [1.82, 2.24) is 0 Å². The Balaban J connectivity index is 0.600. The molecule has 0 aliphatic heterocycles. The number of anilines is 6. The van der Waals surface area contributed by atoms with Gasteiger partial charge >= 0.3 is 0 Å². The maximum absolute atomic E-state index is 6.59. The smallest absolute Gasteiger partial charge is 0.143 e. The quantitative estimate of drug-likeness (QED) is 0.108. The molecule has 0 bridgehead atoms. The predicted octanol–water partition coefficient (Wildman–Crippen LogP) is 31.0. The van der Waals surface area contributed by atoms with Gasteiger partial charge in [0.1, 0.15) is 22.3 Å². The van der Waals surface area contributed by atoms with E-state index in [1.54, 1.807) is 0 Å². The van der Waals surface area contributed by atoms with Gasteiger partial charge in [-0.05, 0) is 199 Å². The van der Waals surface area contributed by atoms with Crippen molar-refractivity contribution in [3.05, 3.63) is 413 Å². The minimum atomic E-state index is 0.889. The standard InChI is InChI=1S/C108H68N2O2/c1-4-22-86-73(17-1)20-11-27-87(86)75-43-39-69(40-44-75)72-51-60-84(61-52-72)110(85-64-55-78(56-65-85)93-31-16-35-100-98-26-8-10-38-105(98)112-108(93)100)103-68-80-19-3-5-23-90(80)101-67-81(57-66-96(101)103)89-29-14-32-94-88(28-13-33-95(89)94)76-45-41-70(42-46-76)71-49-58-82(59-50-71)109(102-36-12-21-79-48-47-74-18-2-6-24-91(74)106(79)102)83-62-53-77(54-63-83)92-30-15-34-99-97-25-7-9-37-104(97)111-107(92)99/h1-68H. The number of nitrogens with zero attached hydrogens (tertiary/aromatic N) is 2. The Bertz CT molecular complexity index is 7460. The number of fused-ring (bicyclic) bond motifs is 14. The van der Waals surface area contributed by atoms with E-state index >= 15 is 0 Å². The van der Waals surface area contributed by atoms with Gasteiger partial charge in [-0.1, -0.05) is 334 Å². The fourth-order valence-corrected chi connectivity index (χ4v) is 17.6. The van der Waals surface area contributed by atoms with Gasteiger partial charge in [0.2, 0.25) is 0 Å². The molecule has 0 aliphatic rings. The van der Waals surface area contributed by atoms with E-state index in [1.807, 2.05) is 18.2 Å². The van der Waals surface area contributed by atoms with Crippen molar-refractivity contribution in [3.63, 3.8) is 0 Å². The lowest BCUT2D eigenvalue weighted by atomic mass is 9.90. The molecule has 0 fully saturated rings. The summed E-state index contributed by atoms with van der Waals surface area (Å²) in [4.78, 5) is 4.85. The van der Waals surface area contributed by atoms with E-state index in [-0.39, 0.29) is 0 Å². The molecule has 0 aliphatic carbocycles. The van der Waals surface area contributed by atoms with Crippen LogP contribution in [0.2, 0.25) is 0 Å². The molecule has 0 spiro atoms. The maximum Gasteiger partial charge on any atom is 0.143 e. The van der Waals surface area contributed by atoms with Gasteiger partial charge in [0, 0.05) is 66.2 Å². The first-order chi connectivity index (χ1) is 55.5. The van der Waals surface area contributed by atoms with Crippen LogP contribution in [-0.2, 0) is 0 Å². The van der Waals surface area contributed by atoms with E-state index in [0.717, 1.165) is 144 Å². The summed E-state index contributed by atoms with van der Waals surface area (Å²) < 4.78 is 13.1. The molecule has 4 nitrogen and oxygen atoms in total.